The third-order valence-corrected chi connectivity index (χ3v) is 4.85. The average Bonchev–Trinajstić information content (AvgIpc) is 2.62. The maximum atomic E-state index is 12.3. The number of carbonyl (C=O) groups is 1. The van der Waals surface area contributed by atoms with E-state index < -0.39 is 5.41 Å². The third-order valence-electron chi connectivity index (χ3n) is 4.85. The fourth-order valence-electron chi connectivity index (χ4n) is 2.39. The first-order chi connectivity index (χ1) is 11.8. The molecule has 4 heteroatoms. The quantitative estimate of drug-likeness (QED) is 0.774. The van der Waals surface area contributed by atoms with E-state index in [1.807, 2.05) is 58.2 Å². The molecule has 0 aliphatic heterocycles. The van der Waals surface area contributed by atoms with Gasteiger partial charge in [0.1, 0.15) is 5.82 Å². The molecule has 25 heavy (non-hydrogen) atoms. The summed E-state index contributed by atoms with van der Waals surface area (Å²) < 4.78 is 0. The molecule has 0 unspecified atom stereocenters. The monoisotopic (exact) mass is 339 g/mol. The van der Waals surface area contributed by atoms with Gasteiger partial charge in [0.15, 0.2) is 0 Å². The van der Waals surface area contributed by atoms with Gasteiger partial charge in [-0.15, -0.1) is 0 Å². The maximum Gasteiger partial charge on any atom is 0.231 e. The summed E-state index contributed by atoms with van der Waals surface area (Å²) in [7, 11) is 0. The summed E-state index contributed by atoms with van der Waals surface area (Å²) in [5.41, 5.74) is 3.11. The van der Waals surface area contributed by atoms with Crippen LogP contribution in [-0.4, -0.2) is 10.9 Å². The van der Waals surface area contributed by atoms with Crippen LogP contribution in [0.5, 0.6) is 0 Å². The Morgan fingerprint density at radius 3 is 2.56 bits per heavy atom. The Bertz CT molecular complexity index is 710. The van der Waals surface area contributed by atoms with Crippen molar-refractivity contribution < 1.29 is 4.79 Å². The molecule has 4 nitrogen and oxygen atoms in total. The van der Waals surface area contributed by atoms with Crippen molar-refractivity contribution in [1.29, 1.82) is 0 Å². The standard InChI is InChI=1S/C21H29N3O/c1-6-21(4,5)20(25)24-19-12-18(15(2)13-23-19)14-22-16(3)17-10-8-7-9-11-17/h7-13,16,22H,6,14H2,1-5H3,(H,23,24,25)/t16-/m0/s1. The maximum absolute atomic E-state index is 12.3. The molecule has 1 aromatic heterocycles. The van der Waals surface area contributed by atoms with Crippen LogP contribution in [0.1, 0.15) is 56.8 Å². The Morgan fingerprint density at radius 2 is 1.92 bits per heavy atom. The van der Waals surface area contributed by atoms with Crippen molar-refractivity contribution in [3.63, 3.8) is 0 Å². The Hall–Kier alpha value is -2.20. The van der Waals surface area contributed by atoms with Gasteiger partial charge in [-0.05, 0) is 43.0 Å². The first kappa shape index (κ1) is 19.1. The molecule has 0 bridgehead atoms. The minimum absolute atomic E-state index is 0.00270. The molecule has 1 amide bonds. The molecule has 2 N–H and O–H groups in total. The van der Waals surface area contributed by atoms with E-state index in [2.05, 4.69) is 34.7 Å². The fourth-order valence-corrected chi connectivity index (χ4v) is 2.39. The van der Waals surface area contributed by atoms with Crippen LogP contribution in [0.25, 0.3) is 0 Å². The highest BCUT2D eigenvalue weighted by molar-refractivity contribution is 5.94. The van der Waals surface area contributed by atoms with Gasteiger partial charge < -0.3 is 10.6 Å². The molecular weight excluding hydrogens is 310 g/mol. The molecule has 0 aliphatic rings. The molecular formula is C21H29N3O. The van der Waals surface area contributed by atoms with Crippen molar-refractivity contribution in [2.45, 2.75) is 53.6 Å². The minimum Gasteiger partial charge on any atom is -0.310 e. The van der Waals surface area contributed by atoms with Crippen molar-refractivity contribution in [2.75, 3.05) is 5.32 Å². The van der Waals surface area contributed by atoms with Gasteiger partial charge in [0.05, 0.1) is 0 Å². The zero-order valence-electron chi connectivity index (χ0n) is 15.9. The zero-order valence-corrected chi connectivity index (χ0v) is 15.9. The van der Waals surface area contributed by atoms with E-state index in [0.717, 1.165) is 24.1 Å². The molecule has 2 rings (SSSR count). The van der Waals surface area contributed by atoms with Gasteiger partial charge in [-0.25, -0.2) is 4.98 Å². The molecule has 2 aromatic rings. The lowest BCUT2D eigenvalue weighted by Crippen LogP contribution is -2.30. The number of benzene rings is 1. The van der Waals surface area contributed by atoms with Crippen LogP contribution in [0, 0.1) is 12.3 Å². The van der Waals surface area contributed by atoms with E-state index >= 15 is 0 Å². The van der Waals surface area contributed by atoms with Crippen LogP contribution in [0.3, 0.4) is 0 Å². The van der Waals surface area contributed by atoms with E-state index in [1.165, 1.54) is 5.56 Å². The first-order valence-corrected chi connectivity index (χ1v) is 8.89. The molecule has 0 saturated carbocycles. The van der Waals surface area contributed by atoms with Crippen LogP contribution < -0.4 is 10.6 Å². The topological polar surface area (TPSA) is 54.0 Å². The summed E-state index contributed by atoms with van der Waals surface area (Å²) in [5.74, 6) is 0.615. The minimum atomic E-state index is -0.396. The lowest BCUT2D eigenvalue weighted by atomic mass is 9.89. The predicted molar refractivity (Wildman–Crippen MR) is 103 cm³/mol. The van der Waals surface area contributed by atoms with Gasteiger partial charge in [0, 0.05) is 24.2 Å². The lowest BCUT2D eigenvalue weighted by molar-refractivity contribution is -0.124. The molecule has 0 spiro atoms. The second-order valence-corrected chi connectivity index (χ2v) is 7.20. The number of amides is 1. The number of hydrogen-bond acceptors (Lipinski definition) is 3. The highest BCUT2D eigenvalue weighted by atomic mass is 16.2. The number of aryl methyl sites for hydroxylation is 1. The number of pyridine rings is 1. The lowest BCUT2D eigenvalue weighted by Gasteiger charge is -2.21. The molecule has 0 radical (unpaired) electrons. The summed E-state index contributed by atoms with van der Waals surface area (Å²) in [6, 6.07) is 12.6. The SMILES string of the molecule is CCC(C)(C)C(=O)Nc1cc(CN[C@@H](C)c2ccccc2)c(C)cn1. The summed E-state index contributed by atoms with van der Waals surface area (Å²) in [6.45, 7) is 10.8. The first-order valence-electron chi connectivity index (χ1n) is 8.89. The highest BCUT2D eigenvalue weighted by Gasteiger charge is 2.25. The molecule has 1 atom stereocenters. The largest absolute Gasteiger partial charge is 0.310 e. The number of rotatable bonds is 7. The van der Waals surface area contributed by atoms with Gasteiger partial charge >= 0.3 is 0 Å². The predicted octanol–water partition coefficient (Wildman–Crippen LogP) is 4.62. The molecule has 134 valence electrons. The van der Waals surface area contributed by atoms with E-state index in [4.69, 9.17) is 0 Å². The molecule has 1 aromatic carbocycles. The van der Waals surface area contributed by atoms with Crippen molar-refractivity contribution in [3.05, 3.63) is 59.3 Å². The summed E-state index contributed by atoms with van der Waals surface area (Å²) >= 11 is 0. The van der Waals surface area contributed by atoms with Crippen LogP contribution in [0.2, 0.25) is 0 Å². The Kier molecular flexibility index (Phi) is 6.32. The van der Waals surface area contributed by atoms with Gasteiger partial charge in [-0.1, -0.05) is 51.1 Å². The van der Waals surface area contributed by atoms with Crippen molar-refractivity contribution >= 4 is 11.7 Å². The van der Waals surface area contributed by atoms with Crippen LogP contribution >= 0.6 is 0 Å². The van der Waals surface area contributed by atoms with E-state index in [0.29, 0.717) is 5.82 Å². The Morgan fingerprint density at radius 1 is 1.24 bits per heavy atom. The van der Waals surface area contributed by atoms with E-state index in [1.54, 1.807) is 0 Å². The van der Waals surface area contributed by atoms with Crippen LogP contribution in [-0.2, 0) is 11.3 Å². The number of anilines is 1. The van der Waals surface area contributed by atoms with Crippen molar-refractivity contribution in [1.82, 2.24) is 10.3 Å². The summed E-state index contributed by atoms with van der Waals surface area (Å²) in [4.78, 5) is 16.7. The fraction of sp³-hybridized carbons (Fsp3) is 0.429. The van der Waals surface area contributed by atoms with E-state index in [9.17, 15) is 4.79 Å². The number of aromatic nitrogens is 1. The van der Waals surface area contributed by atoms with Crippen molar-refractivity contribution in [3.8, 4) is 0 Å². The number of carbonyl (C=O) groups excluding carboxylic acids is 1. The van der Waals surface area contributed by atoms with Crippen molar-refractivity contribution in [2.24, 2.45) is 5.41 Å². The number of nitrogens with zero attached hydrogens (tertiary/aromatic N) is 1. The van der Waals surface area contributed by atoms with Crippen LogP contribution in [0.4, 0.5) is 5.82 Å². The Labute approximate surface area is 151 Å². The number of nitrogens with one attached hydrogen (secondary N) is 2. The average molecular weight is 339 g/mol. The third kappa shape index (κ3) is 5.13. The smallest absolute Gasteiger partial charge is 0.231 e. The highest BCUT2D eigenvalue weighted by Crippen LogP contribution is 2.22. The second-order valence-electron chi connectivity index (χ2n) is 7.20. The van der Waals surface area contributed by atoms with Gasteiger partial charge in [-0.2, -0.15) is 0 Å². The molecule has 0 aliphatic carbocycles. The van der Waals surface area contributed by atoms with Gasteiger partial charge in [0.25, 0.3) is 0 Å². The number of hydrogen-bond donors (Lipinski definition) is 2. The second kappa shape index (κ2) is 8.26. The molecule has 0 fully saturated rings. The van der Waals surface area contributed by atoms with Crippen LogP contribution in [0.15, 0.2) is 42.6 Å². The van der Waals surface area contributed by atoms with Gasteiger partial charge in [0.2, 0.25) is 5.91 Å². The Balaban J connectivity index is 2.05. The summed E-state index contributed by atoms with van der Waals surface area (Å²) in [5, 5.41) is 6.48. The summed E-state index contributed by atoms with van der Waals surface area (Å²) in [6.07, 6.45) is 2.60. The zero-order chi connectivity index (χ0) is 18.4. The molecule has 1 heterocycles. The van der Waals surface area contributed by atoms with Gasteiger partial charge in [-0.3, -0.25) is 4.79 Å². The normalized spacial score (nSPS) is 12.7. The molecule has 0 saturated heterocycles. The van der Waals surface area contributed by atoms with E-state index in [-0.39, 0.29) is 11.9 Å².